The molecule has 9 nitrogen and oxygen atoms in total. The van der Waals surface area contributed by atoms with Crippen LogP contribution >= 0.6 is 23.1 Å². The van der Waals surface area contributed by atoms with Crippen LogP contribution in [-0.2, 0) is 27.1 Å². The first-order valence-electron chi connectivity index (χ1n) is 10.2. The molecule has 0 saturated heterocycles. The van der Waals surface area contributed by atoms with Crippen molar-refractivity contribution in [2.45, 2.75) is 16.7 Å². The molecule has 0 aliphatic heterocycles. The van der Waals surface area contributed by atoms with Gasteiger partial charge in [0.25, 0.3) is 24.8 Å². The molecule has 0 fully saturated rings. The van der Waals surface area contributed by atoms with Crippen LogP contribution in [0.5, 0.6) is 5.75 Å². The highest BCUT2D eigenvalue weighted by Gasteiger charge is 2.21. The highest BCUT2D eigenvalue weighted by atomic mass is 35.5. The van der Waals surface area contributed by atoms with Crippen LogP contribution in [0.1, 0.15) is 6.92 Å². The van der Waals surface area contributed by atoms with Crippen molar-refractivity contribution >= 4 is 65.5 Å². The lowest BCUT2D eigenvalue weighted by atomic mass is 10.2. The summed E-state index contributed by atoms with van der Waals surface area (Å²) in [5.41, 5.74) is 0.496. The second kappa shape index (κ2) is 9.53. The Balaban J connectivity index is 1.67. The van der Waals surface area contributed by atoms with Crippen molar-refractivity contribution in [2.24, 2.45) is 7.05 Å². The SMILES string of the molecule is CCOc1ccc(S(=O)(=O)Nc2ccc(Cl)cc2NS(=O)(=O)c2ccc3c(c2)c(=O)sn3C)cc1. The summed E-state index contributed by atoms with van der Waals surface area (Å²) in [5.74, 6) is 0.517. The number of benzene rings is 3. The molecule has 1 aromatic heterocycles. The normalized spacial score (nSPS) is 12.0. The van der Waals surface area contributed by atoms with Gasteiger partial charge in [0.1, 0.15) is 5.75 Å². The molecule has 1 heterocycles. The lowest BCUT2D eigenvalue weighted by Gasteiger charge is -2.15. The van der Waals surface area contributed by atoms with Gasteiger partial charge in [-0.25, -0.2) is 16.8 Å². The quantitative estimate of drug-likeness (QED) is 0.336. The summed E-state index contributed by atoms with van der Waals surface area (Å²) in [5, 5.41) is 0.455. The van der Waals surface area contributed by atoms with E-state index in [1.807, 2.05) is 6.92 Å². The zero-order valence-electron chi connectivity index (χ0n) is 18.5. The van der Waals surface area contributed by atoms with Crippen molar-refractivity contribution in [1.82, 2.24) is 3.96 Å². The molecule has 3 aromatic carbocycles. The number of aromatic nitrogens is 1. The minimum absolute atomic E-state index is 0.0283. The maximum absolute atomic E-state index is 13.1. The lowest BCUT2D eigenvalue weighted by molar-refractivity contribution is 0.340. The molecular formula is C22H20ClN3O6S3. The zero-order chi connectivity index (χ0) is 25.4. The number of hydrogen-bond acceptors (Lipinski definition) is 7. The molecule has 35 heavy (non-hydrogen) atoms. The molecular weight excluding hydrogens is 534 g/mol. The van der Waals surface area contributed by atoms with E-state index in [-0.39, 0.29) is 36.3 Å². The molecule has 0 spiro atoms. The second-order valence-electron chi connectivity index (χ2n) is 7.36. The lowest BCUT2D eigenvalue weighted by Crippen LogP contribution is -2.17. The molecule has 2 N–H and O–H groups in total. The molecule has 4 aromatic rings. The van der Waals surface area contributed by atoms with Crippen LogP contribution in [0.2, 0.25) is 5.02 Å². The van der Waals surface area contributed by atoms with Gasteiger partial charge < -0.3 is 4.74 Å². The van der Waals surface area contributed by atoms with Gasteiger partial charge in [-0.1, -0.05) is 11.6 Å². The molecule has 184 valence electrons. The largest absolute Gasteiger partial charge is 0.494 e. The Bertz CT molecular complexity index is 1680. The van der Waals surface area contributed by atoms with Gasteiger partial charge in [0.05, 0.1) is 38.7 Å². The van der Waals surface area contributed by atoms with Crippen LogP contribution in [-0.4, -0.2) is 27.4 Å². The summed E-state index contributed by atoms with van der Waals surface area (Å²) < 4.78 is 63.5. The average molecular weight is 554 g/mol. The number of rotatable bonds is 8. The van der Waals surface area contributed by atoms with E-state index in [0.29, 0.717) is 17.9 Å². The van der Waals surface area contributed by atoms with Gasteiger partial charge in [-0.2, -0.15) is 0 Å². The van der Waals surface area contributed by atoms with Gasteiger partial charge in [-0.05, 0) is 79.1 Å². The molecule has 0 aliphatic carbocycles. The Kier molecular flexibility index (Phi) is 6.82. The molecule has 0 amide bonds. The monoisotopic (exact) mass is 553 g/mol. The maximum atomic E-state index is 13.1. The predicted molar refractivity (Wildman–Crippen MR) is 138 cm³/mol. The summed E-state index contributed by atoms with van der Waals surface area (Å²) in [4.78, 5) is 12.0. The van der Waals surface area contributed by atoms with Gasteiger partial charge >= 0.3 is 0 Å². The van der Waals surface area contributed by atoms with Gasteiger partial charge in [-0.3, -0.25) is 18.2 Å². The van der Waals surface area contributed by atoms with Crippen LogP contribution in [0.4, 0.5) is 11.4 Å². The Morgan fingerprint density at radius 1 is 0.886 bits per heavy atom. The summed E-state index contributed by atoms with van der Waals surface area (Å²) in [7, 11) is -6.54. The molecule has 0 atom stereocenters. The van der Waals surface area contributed by atoms with Crippen LogP contribution in [0.15, 0.2) is 75.2 Å². The summed E-state index contributed by atoms with van der Waals surface area (Å²) in [6.07, 6.45) is 0. The molecule has 4 rings (SSSR count). The Labute approximate surface area is 211 Å². The first-order valence-corrected chi connectivity index (χ1v) is 14.3. The average Bonchev–Trinajstić information content (AvgIpc) is 3.09. The van der Waals surface area contributed by atoms with Crippen molar-refractivity contribution < 1.29 is 21.6 Å². The fraction of sp³-hybridized carbons (Fsp3) is 0.136. The minimum Gasteiger partial charge on any atom is -0.494 e. The van der Waals surface area contributed by atoms with Gasteiger partial charge in [0.2, 0.25) is 0 Å². The van der Waals surface area contributed by atoms with Gasteiger partial charge in [-0.15, -0.1) is 0 Å². The first kappa shape index (κ1) is 25.0. The molecule has 0 radical (unpaired) electrons. The summed E-state index contributed by atoms with van der Waals surface area (Å²) >= 11 is 7.02. The Hall–Kier alpha value is -3.06. The Morgan fingerprint density at radius 2 is 1.51 bits per heavy atom. The third-order valence-corrected chi connectivity index (χ3v) is 8.81. The number of nitrogens with one attached hydrogen (secondary N) is 2. The van der Waals surface area contributed by atoms with Crippen molar-refractivity contribution in [2.75, 3.05) is 16.1 Å². The zero-order valence-corrected chi connectivity index (χ0v) is 21.7. The topological polar surface area (TPSA) is 124 Å². The number of halogens is 1. The van der Waals surface area contributed by atoms with E-state index in [2.05, 4.69) is 9.44 Å². The minimum atomic E-state index is -4.19. The number of sulfonamides is 2. The van der Waals surface area contributed by atoms with Crippen molar-refractivity contribution in [3.8, 4) is 5.75 Å². The molecule has 13 heteroatoms. The van der Waals surface area contributed by atoms with E-state index in [1.54, 1.807) is 11.0 Å². The summed E-state index contributed by atoms with van der Waals surface area (Å²) in [6.45, 7) is 2.25. The van der Waals surface area contributed by atoms with Crippen molar-refractivity contribution in [3.05, 3.63) is 75.2 Å². The smallest absolute Gasteiger partial charge is 0.261 e. The fourth-order valence-corrected chi connectivity index (χ4v) is 6.44. The van der Waals surface area contributed by atoms with E-state index in [0.717, 1.165) is 11.5 Å². The first-order chi connectivity index (χ1) is 16.5. The number of hydrogen-bond donors (Lipinski definition) is 2. The number of fused-ring (bicyclic) bond motifs is 1. The van der Waals surface area contributed by atoms with E-state index in [1.165, 1.54) is 60.7 Å². The highest BCUT2D eigenvalue weighted by molar-refractivity contribution is 7.93. The second-order valence-corrected chi connectivity index (χ2v) is 12.3. The number of ether oxygens (including phenoxy) is 1. The van der Waals surface area contributed by atoms with E-state index in [4.69, 9.17) is 16.3 Å². The van der Waals surface area contributed by atoms with Crippen molar-refractivity contribution in [3.63, 3.8) is 0 Å². The number of anilines is 2. The van der Waals surface area contributed by atoms with Crippen molar-refractivity contribution in [1.29, 1.82) is 0 Å². The molecule has 0 aliphatic rings. The van der Waals surface area contributed by atoms with E-state index in [9.17, 15) is 21.6 Å². The number of aryl methyl sites for hydroxylation is 1. The van der Waals surface area contributed by atoms with Crippen LogP contribution in [0.3, 0.4) is 0 Å². The molecule has 0 saturated carbocycles. The third-order valence-electron chi connectivity index (χ3n) is 4.97. The van der Waals surface area contributed by atoms with Crippen LogP contribution < -0.4 is 18.9 Å². The fourth-order valence-electron chi connectivity index (χ4n) is 3.32. The third kappa shape index (κ3) is 5.30. The standard InChI is InChI=1S/C22H20ClN3O6S3/c1-3-32-15-5-7-16(8-6-15)34(28,29)24-19-10-4-14(23)12-20(19)25-35(30,31)17-9-11-21-18(13-17)22(27)33-26(21)2/h4-13,24-25H,3H2,1-2H3. The van der Waals surface area contributed by atoms with Gasteiger partial charge in [0.15, 0.2) is 0 Å². The molecule has 0 bridgehead atoms. The van der Waals surface area contributed by atoms with Gasteiger partial charge in [0, 0.05) is 12.1 Å². The van der Waals surface area contributed by atoms with Crippen LogP contribution in [0.25, 0.3) is 10.9 Å². The maximum Gasteiger partial charge on any atom is 0.261 e. The predicted octanol–water partition coefficient (Wildman–Crippen LogP) is 4.25. The Morgan fingerprint density at radius 3 is 2.20 bits per heavy atom. The highest BCUT2D eigenvalue weighted by Crippen LogP contribution is 2.31. The van der Waals surface area contributed by atoms with E-state index >= 15 is 0 Å². The summed E-state index contributed by atoms with van der Waals surface area (Å²) in [6, 6.07) is 14.1. The molecule has 0 unspecified atom stereocenters. The van der Waals surface area contributed by atoms with Crippen LogP contribution in [0, 0.1) is 0 Å². The number of nitrogens with zero attached hydrogens (tertiary/aromatic N) is 1. The van der Waals surface area contributed by atoms with E-state index < -0.39 is 20.0 Å².